The monoisotopic (exact) mass is 518 g/mol. The summed E-state index contributed by atoms with van der Waals surface area (Å²) < 4.78 is 18.9. The fraction of sp³-hybridized carbons (Fsp3) is 0.111. The maximum Gasteiger partial charge on any atom is 0.311 e. The molecular weight excluding hydrogens is 495 g/mol. The number of halogens is 1. The van der Waals surface area contributed by atoms with Gasteiger partial charge in [-0.05, 0) is 66.9 Å². The molecule has 38 heavy (non-hydrogen) atoms. The summed E-state index contributed by atoms with van der Waals surface area (Å²) in [6, 6.07) is 16.8. The van der Waals surface area contributed by atoms with Crippen molar-refractivity contribution in [3.8, 4) is 16.9 Å². The number of nitro groups is 1. The van der Waals surface area contributed by atoms with Crippen LogP contribution in [0.5, 0.6) is 5.75 Å². The average Bonchev–Trinajstić information content (AvgIpc) is 3.39. The van der Waals surface area contributed by atoms with Gasteiger partial charge in [-0.15, -0.1) is 0 Å². The molecule has 0 aliphatic heterocycles. The predicted molar refractivity (Wildman–Crippen MR) is 137 cm³/mol. The van der Waals surface area contributed by atoms with Crippen LogP contribution < -0.4 is 16.2 Å². The van der Waals surface area contributed by atoms with Gasteiger partial charge >= 0.3 is 11.6 Å². The molecule has 1 heterocycles. The van der Waals surface area contributed by atoms with Crippen LogP contribution in [0.3, 0.4) is 0 Å². The molecule has 10 nitrogen and oxygen atoms in total. The fourth-order valence-corrected chi connectivity index (χ4v) is 3.78. The summed E-state index contributed by atoms with van der Waals surface area (Å²) in [5.41, 5.74) is 7.09. The normalized spacial score (nSPS) is 11.4. The molecule has 4 aromatic rings. The zero-order valence-corrected chi connectivity index (χ0v) is 20.3. The summed E-state index contributed by atoms with van der Waals surface area (Å²) in [6.07, 6.45) is 1.34. The largest absolute Gasteiger partial charge is 0.502 e. The van der Waals surface area contributed by atoms with E-state index in [-0.39, 0.29) is 23.2 Å². The van der Waals surface area contributed by atoms with Crippen LogP contribution in [-0.4, -0.2) is 21.8 Å². The molecule has 0 aliphatic rings. The molecule has 11 heteroatoms. The van der Waals surface area contributed by atoms with Crippen LogP contribution in [0.25, 0.3) is 11.1 Å². The second-order valence-electron chi connectivity index (χ2n) is 8.48. The molecule has 0 radical (unpaired) electrons. The van der Waals surface area contributed by atoms with E-state index in [2.05, 4.69) is 16.2 Å². The maximum absolute atomic E-state index is 13.5. The first kappa shape index (κ1) is 25.9. The van der Waals surface area contributed by atoms with Gasteiger partial charge in [0.25, 0.3) is 5.91 Å². The summed E-state index contributed by atoms with van der Waals surface area (Å²) in [5, 5.41) is 23.8. The smallest absolute Gasteiger partial charge is 0.311 e. The SMILES string of the molecule is Cc1cc(NC(C)c2ccc(-c3ccoc3C(=O)NNC(=O)c3ccc(O)c([N+](=O)[O-])c3)cc2)ccc1F. The number of nitrogens with one attached hydrogen (secondary N) is 3. The van der Waals surface area contributed by atoms with Crippen LogP contribution in [0.2, 0.25) is 0 Å². The number of aryl methyl sites for hydroxylation is 1. The molecule has 0 saturated heterocycles. The number of benzene rings is 3. The third-order valence-electron chi connectivity index (χ3n) is 5.86. The van der Waals surface area contributed by atoms with E-state index in [1.807, 2.05) is 31.2 Å². The Morgan fingerprint density at radius 3 is 2.39 bits per heavy atom. The van der Waals surface area contributed by atoms with E-state index in [1.54, 1.807) is 25.1 Å². The van der Waals surface area contributed by atoms with Crippen molar-refractivity contribution >= 4 is 23.2 Å². The third kappa shape index (κ3) is 5.62. The number of aromatic hydroxyl groups is 1. The van der Waals surface area contributed by atoms with Crippen molar-refractivity contribution in [2.24, 2.45) is 0 Å². The number of hydrogen-bond acceptors (Lipinski definition) is 7. The highest BCUT2D eigenvalue weighted by Crippen LogP contribution is 2.28. The highest BCUT2D eigenvalue weighted by molar-refractivity contribution is 6.01. The minimum atomic E-state index is -0.828. The van der Waals surface area contributed by atoms with Gasteiger partial charge in [-0.25, -0.2) is 4.39 Å². The number of carbonyl (C=O) groups excluding carboxylic acids is 2. The molecule has 2 amide bonds. The summed E-state index contributed by atoms with van der Waals surface area (Å²) in [6.45, 7) is 3.67. The van der Waals surface area contributed by atoms with E-state index in [1.165, 1.54) is 18.4 Å². The number of amides is 2. The zero-order chi connectivity index (χ0) is 27.4. The van der Waals surface area contributed by atoms with Crippen LogP contribution in [0.1, 0.15) is 45.0 Å². The van der Waals surface area contributed by atoms with Gasteiger partial charge in [-0.2, -0.15) is 0 Å². The molecule has 0 spiro atoms. The Morgan fingerprint density at radius 1 is 1.00 bits per heavy atom. The number of carbonyl (C=O) groups is 2. The fourth-order valence-electron chi connectivity index (χ4n) is 3.78. The van der Waals surface area contributed by atoms with Crippen molar-refractivity contribution in [3.63, 3.8) is 0 Å². The minimum absolute atomic E-state index is 0.0531. The molecule has 4 rings (SSSR count). The molecule has 1 aromatic heterocycles. The number of furan rings is 1. The first-order valence-electron chi connectivity index (χ1n) is 11.4. The lowest BCUT2D eigenvalue weighted by Gasteiger charge is -2.17. The van der Waals surface area contributed by atoms with E-state index in [0.717, 1.165) is 23.4 Å². The zero-order valence-electron chi connectivity index (χ0n) is 20.3. The van der Waals surface area contributed by atoms with Gasteiger partial charge in [0.15, 0.2) is 5.75 Å². The highest BCUT2D eigenvalue weighted by atomic mass is 19.1. The Bertz CT molecular complexity index is 1520. The molecule has 3 aromatic carbocycles. The Labute approximate surface area is 216 Å². The molecule has 4 N–H and O–H groups in total. The molecule has 0 aliphatic carbocycles. The molecule has 1 atom stereocenters. The number of nitrogens with zero attached hydrogens (tertiary/aromatic N) is 1. The van der Waals surface area contributed by atoms with E-state index in [0.29, 0.717) is 16.7 Å². The summed E-state index contributed by atoms with van der Waals surface area (Å²) in [5.74, 6) is -2.47. The molecule has 0 saturated carbocycles. The van der Waals surface area contributed by atoms with Crippen molar-refractivity contribution in [2.45, 2.75) is 19.9 Å². The molecule has 1 unspecified atom stereocenters. The van der Waals surface area contributed by atoms with Crippen LogP contribution in [0.4, 0.5) is 15.8 Å². The number of rotatable bonds is 7. The van der Waals surface area contributed by atoms with Crippen LogP contribution >= 0.6 is 0 Å². The van der Waals surface area contributed by atoms with Crippen molar-refractivity contribution in [2.75, 3.05) is 5.32 Å². The quantitative estimate of drug-likeness (QED) is 0.193. The standard InChI is InChI=1S/C27H23FN4O6/c1-15-13-20(8-9-22(15)28)29-16(2)17-3-5-18(6-4-17)21-11-12-38-25(21)27(35)31-30-26(34)19-7-10-24(33)23(14-19)32(36)37/h3-14,16,29,33H,1-2H3,(H,30,34)(H,31,35). The average molecular weight is 519 g/mol. The Kier molecular flexibility index (Phi) is 7.38. The summed E-state index contributed by atoms with van der Waals surface area (Å²) >= 11 is 0. The number of hydrogen-bond donors (Lipinski definition) is 4. The van der Waals surface area contributed by atoms with Gasteiger partial charge in [0.1, 0.15) is 5.82 Å². The topological polar surface area (TPSA) is 147 Å². The number of hydrazine groups is 1. The lowest BCUT2D eigenvalue weighted by Crippen LogP contribution is -2.41. The molecule has 0 bridgehead atoms. The van der Waals surface area contributed by atoms with Crippen molar-refractivity contribution in [1.29, 1.82) is 0 Å². The van der Waals surface area contributed by atoms with E-state index >= 15 is 0 Å². The molecule has 194 valence electrons. The van der Waals surface area contributed by atoms with E-state index < -0.39 is 28.2 Å². The first-order chi connectivity index (χ1) is 18.1. The predicted octanol–water partition coefficient (Wildman–Crippen LogP) is 5.26. The van der Waals surface area contributed by atoms with Gasteiger partial charge in [0, 0.05) is 28.9 Å². The summed E-state index contributed by atoms with van der Waals surface area (Å²) in [7, 11) is 0. The number of anilines is 1. The minimum Gasteiger partial charge on any atom is -0.502 e. The Balaban J connectivity index is 1.42. The van der Waals surface area contributed by atoms with Gasteiger partial charge < -0.3 is 14.8 Å². The van der Waals surface area contributed by atoms with Gasteiger partial charge in [0.05, 0.1) is 11.2 Å². The van der Waals surface area contributed by atoms with Gasteiger partial charge in [-0.3, -0.25) is 30.6 Å². The first-order valence-corrected chi connectivity index (χ1v) is 11.4. The summed E-state index contributed by atoms with van der Waals surface area (Å²) in [4.78, 5) is 35.2. The highest BCUT2D eigenvalue weighted by Gasteiger charge is 2.20. The second kappa shape index (κ2) is 10.8. The van der Waals surface area contributed by atoms with Crippen molar-refractivity contribution < 1.29 is 28.4 Å². The third-order valence-corrected chi connectivity index (χ3v) is 5.86. The number of phenols is 1. The van der Waals surface area contributed by atoms with E-state index in [4.69, 9.17) is 4.42 Å². The number of phenolic OH excluding ortho intramolecular Hbond substituents is 1. The van der Waals surface area contributed by atoms with Gasteiger partial charge in [0.2, 0.25) is 5.76 Å². The lowest BCUT2D eigenvalue weighted by atomic mass is 10.0. The lowest BCUT2D eigenvalue weighted by molar-refractivity contribution is -0.385. The molecule has 0 fully saturated rings. The Hall–Kier alpha value is -5.19. The maximum atomic E-state index is 13.5. The van der Waals surface area contributed by atoms with Crippen molar-refractivity contribution in [1.82, 2.24) is 10.9 Å². The Morgan fingerprint density at radius 2 is 1.71 bits per heavy atom. The van der Waals surface area contributed by atoms with Crippen molar-refractivity contribution in [3.05, 3.63) is 111 Å². The van der Waals surface area contributed by atoms with Crippen LogP contribution in [0, 0.1) is 22.9 Å². The van der Waals surface area contributed by atoms with Crippen LogP contribution in [0.15, 0.2) is 77.4 Å². The number of nitro benzene ring substituents is 1. The van der Waals surface area contributed by atoms with Gasteiger partial charge in [-0.1, -0.05) is 24.3 Å². The second-order valence-corrected chi connectivity index (χ2v) is 8.48. The van der Waals surface area contributed by atoms with E-state index in [9.17, 15) is 29.2 Å². The van der Waals surface area contributed by atoms with Crippen LogP contribution in [-0.2, 0) is 0 Å². The molecular formula is C27H23FN4O6.